The molecule has 0 heterocycles. The van der Waals surface area contributed by atoms with Gasteiger partial charge in [-0.15, -0.1) is 0 Å². The van der Waals surface area contributed by atoms with Crippen molar-refractivity contribution in [3.05, 3.63) is 12.2 Å². The van der Waals surface area contributed by atoms with Crippen molar-refractivity contribution >= 4 is 19.8 Å². The summed E-state index contributed by atoms with van der Waals surface area (Å²) in [4.78, 5) is 38.2. The van der Waals surface area contributed by atoms with E-state index in [1.165, 1.54) is 424 Å². The predicted molar refractivity (Wildman–Crippen MR) is 425 cm³/mol. The SMILES string of the molecule is CCCCCCCCCC/C=C\CCCCCCCCCCCCCCCCCCCCCCCCCCCC(=O)OC(COC(=O)CCCCCCCCCCCCCCCCCCCCCCCCCCCCCCCCCCCCCCC)COP(=O)([O-])OCC[N+](C)(C)C. The number of hydrogen-bond acceptors (Lipinski definition) is 8. The van der Waals surface area contributed by atoms with Gasteiger partial charge in [0.2, 0.25) is 0 Å². The molecule has 9 nitrogen and oxygen atoms in total. The van der Waals surface area contributed by atoms with Crippen molar-refractivity contribution in [1.29, 1.82) is 0 Å². The average Bonchev–Trinajstić information content (AvgIpc) is 1.08. The second kappa shape index (κ2) is 79.9. The van der Waals surface area contributed by atoms with E-state index in [-0.39, 0.29) is 32.0 Å². The zero-order chi connectivity index (χ0) is 71.1. The highest BCUT2D eigenvalue weighted by Crippen LogP contribution is 2.38. The Labute approximate surface area is 613 Å². The van der Waals surface area contributed by atoms with Crippen molar-refractivity contribution in [3.63, 3.8) is 0 Å². The summed E-state index contributed by atoms with van der Waals surface area (Å²) in [6.45, 7) is 4.35. The number of ether oxygens (including phenoxy) is 2. The van der Waals surface area contributed by atoms with Crippen LogP contribution in [-0.4, -0.2) is 70.0 Å². The highest BCUT2D eigenvalue weighted by Gasteiger charge is 2.22. The Morgan fingerprint density at radius 1 is 0.306 bits per heavy atom. The van der Waals surface area contributed by atoms with Crippen molar-refractivity contribution in [2.24, 2.45) is 0 Å². The standard InChI is InChI=1S/C88H174NO8P/c1-6-8-10-12-14-16-18-20-22-24-26-28-30-32-34-36-38-40-42-44-46-48-50-52-54-56-58-60-62-64-66-68-70-72-74-76-78-80-87(90)94-84-86(85-96-98(92,93)95-83-82-89(3,4)5)97-88(91)81-79-77-75-73-71-69-67-65-63-61-59-57-55-53-51-49-47-45-43-41-39-37-35-33-31-29-27-25-23-21-19-17-15-13-11-9-7-2/h25,27,86H,6-24,26,28-85H2,1-5H3/b27-25-. The minimum Gasteiger partial charge on any atom is -0.756 e. The molecule has 0 aromatic carbocycles. The third-order valence-electron chi connectivity index (χ3n) is 20.8. The minimum atomic E-state index is -4.64. The van der Waals surface area contributed by atoms with Crippen LogP contribution < -0.4 is 4.89 Å². The van der Waals surface area contributed by atoms with Gasteiger partial charge in [-0.2, -0.15) is 0 Å². The molecule has 0 bridgehead atoms. The first kappa shape index (κ1) is 96.8. The molecule has 2 unspecified atom stereocenters. The Kier molecular flexibility index (Phi) is 78.8. The molecule has 0 saturated carbocycles. The fourth-order valence-corrected chi connectivity index (χ4v) is 14.7. The molecule has 0 spiro atoms. The van der Waals surface area contributed by atoms with Gasteiger partial charge in [0.1, 0.15) is 19.8 Å². The predicted octanol–water partition coefficient (Wildman–Crippen LogP) is 29.1. The lowest BCUT2D eigenvalue weighted by molar-refractivity contribution is -0.870. The number of esters is 2. The number of unbranched alkanes of at least 4 members (excludes halogenated alkanes) is 69. The molecule has 0 saturated heterocycles. The van der Waals surface area contributed by atoms with Gasteiger partial charge in [0.05, 0.1) is 27.7 Å². The van der Waals surface area contributed by atoms with E-state index in [4.69, 9.17) is 18.5 Å². The van der Waals surface area contributed by atoms with Gasteiger partial charge < -0.3 is 27.9 Å². The van der Waals surface area contributed by atoms with E-state index in [0.29, 0.717) is 17.4 Å². The Balaban J connectivity index is 3.83. The summed E-state index contributed by atoms with van der Waals surface area (Å²) in [5, 5.41) is 0. The molecule has 0 aliphatic rings. The fraction of sp³-hybridized carbons (Fsp3) is 0.955. The fourth-order valence-electron chi connectivity index (χ4n) is 14.0. The number of phosphoric acid groups is 1. The number of nitrogens with zero attached hydrogens (tertiary/aromatic N) is 1. The molecule has 0 aromatic heterocycles. The monoisotopic (exact) mass is 1400 g/mol. The van der Waals surface area contributed by atoms with E-state index in [1.54, 1.807) is 0 Å². The van der Waals surface area contributed by atoms with Crippen molar-refractivity contribution in [3.8, 4) is 0 Å². The summed E-state index contributed by atoms with van der Waals surface area (Å²) in [6.07, 6.45) is 102. The van der Waals surface area contributed by atoms with Gasteiger partial charge >= 0.3 is 11.9 Å². The van der Waals surface area contributed by atoms with Crippen LogP contribution in [-0.2, 0) is 32.7 Å². The first-order valence-corrected chi connectivity index (χ1v) is 45.9. The van der Waals surface area contributed by atoms with Gasteiger partial charge in [0, 0.05) is 12.8 Å². The normalized spacial score (nSPS) is 12.9. The first-order chi connectivity index (χ1) is 48.0. The summed E-state index contributed by atoms with van der Waals surface area (Å²) >= 11 is 0. The second-order valence-corrected chi connectivity index (χ2v) is 33.4. The Bertz CT molecular complexity index is 1650. The largest absolute Gasteiger partial charge is 0.756 e. The highest BCUT2D eigenvalue weighted by molar-refractivity contribution is 7.45. The second-order valence-electron chi connectivity index (χ2n) is 32.0. The van der Waals surface area contributed by atoms with E-state index in [9.17, 15) is 19.0 Å². The number of allylic oxidation sites excluding steroid dienone is 2. The summed E-state index contributed by atoms with van der Waals surface area (Å²) in [5.74, 6) is -0.800. The van der Waals surface area contributed by atoms with E-state index < -0.39 is 26.5 Å². The summed E-state index contributed by atoms with van der Waals surface area (Å²) < 4.78 is 34.5. The molecule has 0 aromatic rings. The lowest BCUT2D eigenvalue weighted by Gasteiger charge is -2.28. The van der Waals surface area contributed by atoms with Crippen LogP contribution in [0.15, 0.2) is 12.2 Å². The molecule has 0 N–H and O–H groups in total. The number of phosphoric ester groups is 1. The maximum absolute atomic E-state index is 12.9. The molecule has 0 fully saturated rings. The van der Waals surface area contributed by atoms with E-state index in [0.717, 1.165) is 32.1 Å². The molecule has 2 atom stereocenters. The number of rotatable bonds is 85. The van der Waals surface area contributed by atoms with E-state index in [2.05, 4.69) is 26.0 Å². The number of hydrogen-bond donors (Lipinski definition) is 0. The van der Waals surface area contributed by atoms with Crippen LogP contribution in [0.3, 0.4) is 0 Å². The number of likely N-dealkylation sites (N-methyl/N-ethyl adjacent to an activating group) is 1. The van der Waals surface area contributed by atoms with Gasteiger partial charge in [-0.05, 0) is 38.5 Å². The molecule has 0 radical (unpaired) electrons. The van der Waals surface area contributed by atoms with Gasteiger partial charge in [0.15, 0.2) is 6.10 Å². The van der Waals surface area contributed by atoms with Gasteiger partial charge in [-0.25, -0.2) is 0 Å². The molecule has 0 amide bonds. The van der Waals surface area contributed by atoms with Crippen LogP contribution in [0.4, 0.5) is 0 Å². The molecule has 0 rings (SSSR count). The molecular formula is C88H174NO8P. The molecule has 98 heavy (non-hydrogen) atoms. The van der Waals surface area contributed by atoms with Crippen LogP contribution in [0.5, 0.6) is 0 Å². The van der Waals surface area contributed by atoms with E-state index in [1.807, 2.05) is 21.1 Å². The van der Waals surface area contributed by atoms with Crippen molar-refractivity contribution in [1.82, 2.24) is 0 Å². The Morgan fingerprint density at radius 3 is 0.755 bits per heavy atom. The zero-order valence-corrected chi connectivity index (χ0v) is 67.9. The highest BCUT2D eigenvalue weighted by atomic mass is 31.2. The molecule has 584 valence electrons. The maximum atomic E-state index is 12.9. The van der Waals surface area contributed by atoms with Crippen LogP contribution in [0.1, 0.15) is 489 Å². The summed E-state index contributed by atoms with van der Waals surface area (Å²) in [7, 11) is 1.20. The van der Waals surface area contributed by atoms with Crippen molar-refractivity contribution in [2.45, 2.75) is 495 Å². The molecular weight excluding hydrogens is 1230 g/mol. The van der Waals surface area contributed by atoms with E-state index >= 15 is 0 Å². The van der Waals surface area contributed by atoms with Gasteiger partial charge in [-0.1, -0.05) is 450 Å². The average molecular weight is 1410 g/mol. The van der Waals surface area contributed by atoms with Crippen LogP contribution in [0.25, 0.3) is 0 Å². The van der Waals surface area contributed by atoms with Crippen molar-refractivity contribution in [2.75, 3.05) is 47.5 Å². The van der Waals surface area contributed by atoms with Gasteiger partial charge in [0.25, 0.3) is 7.82 Å². The summed E-state index contributed by atoms with van der Waals surface area (Å²) in [5.41, 5.74) is 0. The summed E-state index contributed by atoms with van der Waals surface area (Å²) in [6, 6.07) is 0. The lowest BCUT2D eigenvalue weighted by atomic mass is 10.0. The third kappa shape index (κ3) is 83.7. The van der Waals surface area contributed by atoms with Crippen molar-refractivity contribution < 1.29 is 42.1 Å². The zero-order valence-electron chi connectivity index (χ0n) is 67.0. The Morgan fingerprint density at radius 2 is 0.520 bits per heavy atom. The quantitative estimate of drug-likeness (QED) is 0.0195. The van der Waals surface area contributed by atoms with Crippen LogP contribution in [0.2, 0.25) is 0 Å². The van der Waals surface area contributed by atoms with Crippen LogP contribution >= 0.6 is 7.82 Å². The number of carbonyl (C=O) groups excluding carboxylic acids is 2. The molecule has 0 aliphatic heterocycles. The topological polar surface area (TPSA) is 111 Å². The minimum absolute atomic E-state index is 0.0253. The van der Waals surface area contributed by atoms with Crippen LogP contribution in [0, 0.1) is 0 Å². The molecule has 0 aliphatic carbocycles. The molecule has 10 heteroatoms. The number of carbonyl (C=O) groups is 2. The Hall–Kier alpha value is -1.25. The lowest BCUT2D eigenvalue weighted by Crippen LogP contribution is -2.37. The maximum Gasteiger partial charge on any atom is 0.306 e. The van der Waals surface area contributed by atoms with Gasteiger partial charge in [-0.3, -0.25) is 14.2 Å². The number of quaternary nitrogens is 1. The smallest absolute Gasteiger partial charge is 0.306 e. The third-order valence-corrected chi connectivity index (χ3v) is 21.7. The first-order valence-electron chi connectivity index (χ1n) is 44.4.